The van der Waals surface area contributed by atoms with E-state index in [0.29, 0.717) is 17.1 Å². The van der Waals surface area contributed by atoms with Gasteiger partial charge in [0.2, 0.25) is 0 Å². The Morgan fingerprint density at radius 1 is 0.897 bits per heavy atom. The summed E-state index contributed by atoms with van der Waals surface area (Å²) in [6, 6.07) is 8.66. The molecule has 0 bridgehead atoms. The molecule has 2 aromatic rings. The SMILES string of the molecule is COc1c(C)c(OC)c2c(c1OC)[C@@H](C)CC[C@@H]2CCS(=O)(=O)c1ccccc1. The Kier molecular flexibility index (Phi) is 6.42. The quantitative estimate of drug-likeness (QED) is 0.642. The van der Waals surface area contributed by atoms with Crippen LogP contribution in [0, 0.1) is 6.92 Å². The van der Waals surface area contributed by atoms with Crippen molar-refractivity contribution in [2.45, 2.75) is 49.8 Å². The summed E-state index contributed by atoms with van der Waals surface area (Å²) in [5.74, 6) is 2.69. The Morgan fingerprint density at radius 2 is 1.52 bits per heavy atom. The van der Waals surface area contributed by atoms with Crippen LogP contribution in [0.3, 0.4) is 0 Å². The fourth-order valence-corrected chi connectivity index (χ4v) is 5.92. The third kappa shape index (κ3) is 3.95. The first kappa shape index (κ1) is 21.5. The molecule has 1 aliphatic carbocycles. The molecule has 158 valence electrons. The summed E-state index contributed by atoms with van der Waals surface area (Å²) in [7, 11) is 1.61. The number of methoxy groups -OCH3 is 3. The number of rotatable bonds is 7. The van der Waals surface area contributed by atoms with Gasteiger partial charge in [-0.3, -0.25) is 0 Å². The van der Waals surface area contributed by atoms with Gasteiger partial charge in [-0.1, -0.05) is 25.1 Å². The minimum Gasteiger partial charge on any atom is -0.496 e. The molecule has 0 aromatic heterocycles. The lowest BCUT2D eigenvalue weighted by Crippen LogP contribution is -2.19. The van der Waals surface area contributed by atoms with Crippen LogP contribution in [0.4, 0.5) is 0 Å². The van der Waals surface area contributed by atoms with Crippen LogP contribution >= 0.6 is 0 Å². The van der Waals surface area contributed by atoms with E-state index in [1.165, 1.54) is 0 Å². The van der Waals surface area contributed by atoms with Crippen molar-refractivity contribution < 1.29 is 22.6 Å². The van der Waals surface area contributed by atoms with E-state index in [0.717, 1.165) is 41.0 Å². The van der Waals surface area contributed by atoms with Gasteiger partial charge in [-0.25, -0.2) is 8.42 Å². The number of hydrogen-bond donors (Lipinski definition) is 0. The molecule has 6 heteroatoms. The molecule has 0 saturated carbocycles. The standard InChI is InChI=1S/C23H30O5S/c1-15-11-12-17(13-14-29(24,25)18-9-7-6-8-10-18)20-19(15)23(28-5)22(27-4)16(2)21(20)26-3/h6-10,15,17H,11-14H2,1-5H3/t15-,17+/m0/s1. The van der Waals surface area contributed by atoms with Crippen LogP contribution in [-0.4, -0.2) is 35.5 Å². The number of hydrogen-bond acceptors (Lipinski definition) is 5. The maximum absolute atomic E-state index is 12.8. The fraction of sp³-hybridized carbons (Fsp3) is 0.478. The van der Waals surface area contributed by atoms with Crippen LogP contribution in [0.15, 0.2) is 35.2 Å². The molecule has 0 aliphatic heterocycles. The molecule has 1 aliphatic rings. The lowest BCUT2D eigenvalue weighted by atomic mass is 9.74. The second-order valence-corrected chi connectivity index (χ2v) is 9.76. The van der Waals surface area contributed by atoms with Gasteiger partial charge in [0.1, 0.15) is 5.75 Å². The third-order valence-corrected chi connectivity index (χ3v) is 7.73. The topological polar surface area (TPSA) is 61.8 Å². The molecule has 0 amide bonds. The van der Waals surface area contributed by atoms with Crippen LogP contribution in [0.25, 0.3) is 0 Å². The zero-order chi connectivity index (χ0) is 21.2. The van der Waals surface area contributed by atoms with Crippen molar-refractivity contribution in [1.82, 2.24) is 0 Å². The third-order valence-electron chi connectivity index (χ3n) is 5.97. The molecule has 2 atom stereocenters. The molecule has 5 nitrogen and oxygen atoms in total. The molecule has 0 unspecified atom stereocenters. The minimum absolute atomic E-state index is 0.0909. The lowest BCUT2D eigenvalue weighted by molar-refractivity contribution is 0.329. The predicted molar refractivity (Wildman–Crippen MR) is 114 cm³/mol. The Bertz CT molecular complexity index is 967. The summed E-state index contributed by atoms with van der Waals surface area (Å²) in [6.07, 6.45) is 2.43. The Labute approximate surface area is 173 Å². The predicted octanol–water partition coefficient (Wildman–Crippen LogP) is 4.87. The summed E-state index contributed by atoms with van der Waals surface area (Å²) in [6.45, 7) is 4.13. The summed E-state index contributed by atoms with van der Waals surface area (Å²) >= 11 is 0. The van der Waals surface area contributed by atoms with Crippen molar-refractivity contribution in [3.05, 3.63) is 47.0 Å². The van der Waals surface area contributed by atoms with Crippen molar-refractivity contribution >= 4 is 9.84 Å². The van der Waals surface area contributed by atoms with Crippen LogP contribution < -0.4 is 14.2 Å². The molecular weight excluding hydrogens is 388 g/mol. The van der Waals surface area contributed by atoms with E-state index in [9.17, 15) is 8.42 Å². The number of fused-ring (bicyclic) bond motifs is 1. The van der Waals surface area contributed by atoms with Crippen molar-refractivity contribution in [3.63, 3.8) is 0 Å². The summed E-state index contributed by atoms with van der Waals surface area (Å²) in [4.78, 5) is 0.375. The van der Waals surface area contributed by atoms with Gasteiger partial charge < -0.3 is 14.2 Å². The zero-order valence-corrected chi connectivity index (χ0v) is 18.6. The van der Waals surface area contributed by atoms with Gasteiger partial charge in [0.25, 0.3) is 0 Å². The van der Waals surface area contributed by atoms with E-state index < -0.39 is 9.84 Å². The zero-order valence-electron chi connectivity index (χ0n) is 17.8. The van der Waals surface area contributed by atoms with Crippen molar-refractivity contribution in [3.8, 4) is 17.2 Å². The normalized spacial score (nSPS) is 18.8. The van der Waals surface area contributed by atoms with Crippen molar-refractivity contribution in [1.29, 1.82) is 0 Å². The van der Waals surface area contributed by atoms with E-state index >= 15 is 0 Å². The average molecular weight is 419 g/mol. The lowest BCUT2D eigenvalue weighted by Gasteiger charge is -2.34. The smallest absolute Gasteiger partial charge is 0.178 e. The van der Waals surface area contributed by atoms with Crippen LogP contribution in [0.5, 0.6) is 17.2 Å². The molecule has 0 N–H and O–H groups in total. The first-order chi connectivity index (χ1) is 13.9. The number of benzene rings is 2. The highest BCUT2D eigenvalue weighted by Gasteiger charge is 2.35. The van der Waals surface area contributed by atoms with Crippen molar-refractivity contribution in [2.75, 3.05) is 27.1 Å². The largest absolute Gasteiger partial charge is 0.496 e. The van der Waals surface area contributed by atoms with Gasteiger partial charge >= 0.3 is 0 Å². The van der Waals surface area contributed by atoms with E-state index in [-0.39, 0.29) is 17.6 Å². The number of sulfone groups is 1. The highest BCUT2D eigenvalue weighted by molar-refractivity contribution is 7.91. The average Bonchev–Trinajstić information content (AvgIpc) is 2.73. The fourth-order valence-electron chi connectivity index (χ4n) is 4.52. The van der Waals surface area contributed by atoms with E-state index in [1.54, 1.807) is 45.6 Å². The first-order valence-electron chi connectivity index (χ1n) is 9.95. The maximum atomic E-state index is 12.8. The second-order valence-electron chi connectivity index (χ2n) is 7.65. The molecular formula is C23H30O5S. The monoisotopic (exact) mass is 418 g/mol. The second kappa shape index (κ2) is 8.66. The minimum atomic E-state index is -3.33. The molecule has 0 saturated heterocycles. The van der Waals surface area contributed by atoms with Gasteiger partial charge in [0, 0.05) is 16.7 Å². The highest BCUT2D eigenvalue weighted by atomic mass is 32.2. The van der Waals surface area contributed by atoms with Gasteiger partial charge in [-0.15, -0.1) is 0 Å². The van der Waals surface area contributed by atoms with Crippen LogP contribution in [-0.2, 0) is 9.84 Å². The van der Waals surface area contributed by atoms with Crippen molar-refractivity contribution in [2.24, 2.45) is 0 Å². The molecule has 0 spiro atoms. The summed E-state index contributed by atoms with van der Waals surface area (Å²) in [5.41, 5.74) is 3.04. The van der Waals surface area contributed by atoms with Gasteiger partial charge in [-0.05, 0) is 50.2 Å². The van der Waals surface area contributed by atoms with Crippen LogP contribution in [0.2, 0.25) is 0 Å². The Balaban J connectivity index is 2.03. The van der Waals surface area contributed by atoms with E-state index in [2.05, 4.69) is 6.92 Å². The highest BCUT2D eigenvalue weighted by Crippen LogP contribution is 2.54. The molecule has 29 heavy (non-hydrogen) atoms. The molecule has 0 radical (unpaired) electrons. The van der Waals surface area contributed by atoms with Gasteiger partial charge in [0.05, 0.1) is 32.0 Å². The molecule has 3 rings (SSSR count). The van der Waals surface area contributed by atoms with Gasteiger partial charge in [-0.2, -0.15) is 0 Å². The Morgan fingerprint density at radius 3 is 2.10 bits per heavy atom. The van der Waals surface area contributed by atoms with Gasteiger partial charge in [0.15, 0.2) is 21.3 Å². The van der Waals surface area contributed by atoms with E-state index in [1.807, 2.05) is 13.0 Å². The first-order valence-corrected chi connectivity index (χ1v) is 11.6. The Hall–Kier alpha value is -2.21. The molecule has 0 heterocycles. The summed E-state index contributed by atoms with van der Waals surface area (Å²) < 4.78 is 42.8. The molecule has 2 aromatic carbocycles. The summed E-state index contributed by atoms with van der Waals surface area (Å²) in [5, 5.41) is 0. The maximum Gasteiger partial charge on any atom is 0.178 e. The molecule has 0 fully saturated rings. The van der Waals surface area contributed by atoms with E-state index in [4.69, 9.17) is 14.2 Å². The van der Waals surface area contributed by atoms with Crippen LogP contribution in [0.1, 0.15) is 54.7 Å². The number of ether oxygens (including phenoxy) is 3.